The van der Waals surface area contributed by atoms with Crippen molar-refractivity contribution in [3.63, 3.8) is 0 Å². The second-order valence-corrected chi connectivity index (χ2v) is 4.85. The van der Waals surface area contributed by atoms with Gasteiger partial charge in [-0.2, -0.15) is 0 Å². The van der Waals surface area contributed by atoms with E-state index in [0.717, 1.165) is 5.56 Å². The minimum Gasteiger partial charge on any atom is -0.364 e. The lowest BCUT2D eigenvalue weighted by molar-refractivity contribution is 0.0997. The summed E-state index contributed by atoms with van der Waals surface area (Å²) in [5.74, 6) is 4.71. The fourth-order valence-corrected chi connectivity index (χ4v) is 2.31. The van der Waals surface area contributed by atoms with Crippen LogP contribution in [0.1, 0.15) is 23.0 Å². The highest BCUT2D eigenvalue weighted by molar-refractivity contribution is 6.04. The number of carbonyl (C=O) groups is 1. The highest BCUT2D eigenvalue weighted by Crippen LogP contribution is 2.24. The third-order valence-electron chi connectivity index (χ3n) is 3.30. The largest absolute Gasteiger partial charge is 0.364 e. The fourth-order valence-electron chi connectivity index (χ4n) is 2.31. The van der Waals surface area contributed by atoms with E-state index >= 15 is 0 Å². The summed E-state index contributed by atoms with van der Waals surface area (Å²) < 4.78 is 14.1. The lowest BCUT2D eigenvalue weighted by Gasteiger charge is -2.07. The second-order valence-electron chi connectivity index (χ2n) is 4.85. The van der Waals surface area contributed by atoms with Crippen LogP contribution in [0.5, 0.6) is 0 Å². The number of hydrogen-bond acceptors (Lipinski definition) is 3. The van der Waals surface area contributed by atoms with Gasteiger partial charge in [0.1, 0.15) is 17.0 Å². The molecule has 0 unspecified atom stereocenters. The Hall–Kier alpha value is -3.26. The number of hydrogen-bond donors (Lipinski definition) is 1. The molecule has 0 radical (unpaired) electrons. The minimum atomic E-state index is -0.728. The van der Waals surface area contributed by atoms with Crippen molar-refractivity contribution in [1.82, 2.24) is 9.97 Å². The summed E-state index contributed by atoms with van der Waals surface area (Å²) in [4.78, 5) is 20.1. The third kappa shape index (κ3) is 2.74. The molecular weight excluding hydrogens is 293 g/mol. The minimum absolute atomic E-state index is 0.00326. The Bertz CT molecular complexity index is 986. The molecule has 0 saturated carbocycles. The predicted octanol–water partition coefficient (Wildman–Crippen LogP) is 2.91. The number of para-hydroxylation sites is 1. The third-order valence-corrected chi connectivity index (χ3v) is 3.30. The van der Waals surface area contributed by atoms with Gasteiger partial charge in [-0.25, -0.2) is 14.4 Å². The maximum Gasteiger partial charge on any atom is 0.268 e. The van der Waals surface area contributed by atoms with Crippen LogP contribution >= 0.6 is 0 Å². The molecule has 4 nitrogen and oxygen atoms in total. The Morgan fingerprint density at radius 2 is 1.96 bits per heavy atom. The van der Waals surface area contributed by atoms with Crippen LogP contribution in [0.4, 0.5) is 4.39 Å². The van der Waals surface area contributed by atoms with Gasteiger partial charge in [-0.05, 0) is 25.1 Å². The number of fused-ring (bicyclic) bond motifs is 1. The van der Waals surface area contributed by atoms with Gasteiger partial charge >= 0.3 is 0 Å². The quantitative estimate of drug-likeness (QED) is 0.740. The summed E-state index contributed by atoms with van der Waals surface area (Å²) >= 11 is 0. The number of aromatic nitrogens is 2. The summed E-state index contributed by atoms with van der Waals surface area (Å²) in [7, 11) is 0. The number of benzene rings is 2. The van der Waals surface area contributed by atoms with E-state index in [0.29, 0.717) is 10.9 Å². The van der Waals surface area contributed by atoms with E-state index in [1.807, 2.05) is 6.07 Å². The summed E-state index contributed by atoms with van der Waals surface area (Å²) in [5.41, 5.74) is 6.86. The molecular formula is C18H12FN3O. The van der Waals surface area contributed by atoms with Crippen LogP contribution in [0.25, 0.3) is 22.3 Å². The summed E-state index contributed by atoms with van der Waals surface area (Å²) in [5, 5.41) is 0.297. The summed E-state index contributed by atoms with van der Waals surface area (Å²) in [6.45, 7) is 1.74. The van der Waals surface area contributed by atoms with Crippen molar-refractivity contribution in [2.45, 2.75) is 6.92 Å². The normalized spacial score (nSPS) is 10.2. The fraction of sp³-hybridized carbons (Fsp3) is 0.0556. The second kappa shape index (κ2) is 5.85. The number of nitrogens with zero attached hydrogens (tertiary/aromatic N) is 2. The van der Waals surface area contributed by atoms with Crippen molar-refractivity contribution < 1.29 is 9.18 Å². The van der Waals surface area contributed by atoms with Crippen molar-refractivity contribution in [2.24, 2.45) is 5.73 Å². The van der Waals surface area contributed by atoms with Gasteiger partial charge < -0.3 is 5.73 Å². The number of primary amides is 1. The smallest absolute Gasteiger partial charge is 0.268 e. The average molecular weight is 305 g/mol. The van der Waals surface area contributed by atoms with Gasteiger partial charge in [-0.15, -0.1) is 5.92 Å². The van der Waals surface area contributed by atoms with Gasteiger partial charge in [-0.1, -0.05) is 30.2 Å². The number of amides is 1. The van der Waals surface area contributed by atoms with E-state index in [1.54, 1.807) is 31.2 Å². The molecule has 0 saturated heterocycles. The van der Waals surface area contributed by atoms with E-state index in [-0.39, 0.29) is 17.0 Å². The molecule has 0 fully saturated rings. The molecule has 0 aliphatic carbocycles. The molecule has 0 spiro atoms. The van der Waals surface area contributed by atoms with Crippen LogP contribution in [0, 0.1) is 17.7 Å². The Kier molecular flexibility index (Phi) is 3.73. The van der Waals surface area contributed by atoms with Crippen LogP contribution < -0.4 is 5.73 Å². The maximum absolute atomic E-state index is 14.1. The number of rotatable bonds is 2. The summed E-state index contributed by atoms with van der Waals surface area (Å²) in [6.07, 6.45) is 0. The molecule has 112 valence electrons. The molecule has 0 bridgehead atoms. The SMILES string of the molecule is CC#Cc1cccc(-c2nc(C(N)=O)c3cccc(F)c3n2)c1. The van der Waals surface area contributed by atoms with Crippen molar-refractivity contribution >= 4 is 16.8 Å². The molecule has 2 aromatic carbocycles. The van der Waals surface area contributed by atoms with E-state index < -0.39 is 11.7 Å². The Morgan fingerprint density at radius 1 is 1.17 bits per heavy atom. The molecule has 0 aliphatic heterocycles. The molecule has 23 heavy (non-hydrogen) atoms. The first-order chi connectivity index (χ1) is 11.1. The van der Waals surface area contributed by atoms with Crippen LogP contribution in [-0.2, 0) is 0 Å². The molecule has 3 rings (SSSR count). The van der Waals surface area contributed by atoms with E-state index in [4.69, 9.17) is 5.73 Å². The van der Waals surface area contributed by atoms with E-state index in [2.05, 4.69) is 21.8 Å². The molecule has 5 heteroatoms. The molecule has 1 amide bonds. The number of carbonyl (C=O) groups excluding carboxylic acids is 1. The zero-order valence-corrected chi connectivity index (χ0v) is 12.3. The first-order valence-electron chi connectivity index (χ1n) is 6.89. The molecule has 1 aromatic heterocycles. The molecule has 0 atom stereocenters. The first kappa shape index (κ1) is 14.7. The van der Waals surface area contributed by atoms with Gasteiger partial charge in [-0.3, -0.25) is 4.79 Å². The van der Waals surface area contributed by atoms with Crippen molar-refractivity contribution in [1.29, 1.82) is 0 Å². The lowest BCUT2D eigenvalue weighted by Crippen LogP contribution is -2.15. The average Bonchev–Trinajstić information content (AvgIpc) is 2.55. The van der Waals surface area contributed by atoms with Gasteiger partial charge in [0.15, 0.2) is 5.82 Å². The van der Waals surface area contributed by atoms with E-state index in [1.165, 1.54) is 12.1 Å². The zero-order valence-electron chi connectivity index (χ0n) is 12.3. The molecule has 1 heterocycles. The van der Waals surface area contributed by atoms with Crippen LogP contribution in [0.15, 0.2) is 42.5 Å². The van der Waals surface area contributed by atoms with Crippen molar-refractivity contribution in [2.75, 3.05) is 0 Å². The predicted molar refractivity (Wildman–Crippen MR) is 86.0 cm³/mol. The Labute approximate surface area is 132 Å². The lowest BCUT2D eigenvalue weighted by atomic mass is 10.1. The van der Waals surface area contributed by atoms with E-state index in [9.17, 15) is 9.18 Å². The van der Waals surface area contributed by atoms with Crippen LogP contribution in [0.2, 0.25) is 0 Å². The van der Waals surface area contributed by atoms with Crippen LogP contribution in [-0.4, -0.2) is 15.9 Å². The monoisotopic (exact) mass is 305 g/mol. The first-order valence-corrected chi connectivity index (χ1v) is 6.89. The maximum atomic E-state index is 14.1. The van der Waals surface area contributed by atoms with Crippen LogP contribution in [0.3, 0.4) is 0 Å². The molecule has 3 aromatic rings. The van der Waals surface area contributed by atoms with Gasteiger partial charge in [0, 0.05) is 16.5 Å². The van der Waals surface area contributed by atoms with Gasteiger partial charge in [0.25, 0.3) is 5.91 Å². The number of halogens is 1. The van der Waals surface area contributed by atoms with Crippen molar-refractivity contribution in [3.8, 4) is 23.2 Å². The molecule has 2 N–H and O–H groups in total. The zero-order chi connectivity index (χ0) is 16.4. The molecule has 0 aliphatic rings. The van der Waals surface area contributed by atoms with Crippen molar-refractivity contribution in [3.05, 3.63) is 59.5 Å². The van der Waals surface area contributed by atoms with Gasteiger partial charge in [0.05, 0.1) is 0 Å². The highest BCUT2D eigenvalue weighted by atomic mass is 19.1. The highest BCUT2D eigenvalue weighted by Gasteiger charge is 2.15. The Balaban J connectivity index is 2.29. The summed E-state index contributed by atoms with van der Waals surface area (Å²) in [6, 6.07) is 11.5. The standard InChI is InChI=1S/C18H12FN3O/c1-2-5-11-6-3-7-12(10-11)18-21-15-13(8-4-9-14(15)19)16(22-18)17(20)23/h3-4,6-10H,1H3,(H2,20,23). The Morgan fingerprint density at radius 3 is 2.70 bits per heavy atom. The topological polar surface area (TPSA) is 68.9 Å². The van der Waals surface area contributed by atoms with Gasteiger partial charge in [0.2, 0.25) is 0 Å². The number of nitrogens with two attached hydrogens (primary N) is 1.